The van der Waals surface area contributed by atoms with Crippen LogP contribution in [0.15, 0.2) is 29.0 Å². The van der Waals surface area contributed by atoms with E-state index in [1.165, 1.54) is 17.1 Å². The van der Waals surface area contributed by atoms with Crippen LogP contribution >= 0.6 is 0 Å². The van der Waals surface area contributed by atoms with Crippen molar-refractivity contribution in [2.75, 3.05) is 37.7 Å². The van der Waals surface area contributed by atoms with Crippen LogP contribution in [0, 0.1) is 5.82 Å². The van der Waals surface area contributed by atoms with Gasteiger partial charge in [-0.2, -0.15) is 9.67 Å². The molecule has 0 spiro atoms. The fraction of sp³-hybridized carbons (Fsp3) is 0.550. The maximum Gasteiger partial charge on any atom is 0.324 e. The summed E-state index contributed by atoms with van der Waals surface area (Å²) >= 11 is 0. The Morgan fingerprint density at radius 3 is 2.61 bits per heavy atom. The minimum absolute atomic E-state index is 0.253. The first-order chi connectivity index (χ1) is 15.0. The molecule has 1 aliphatic rings. The largest absolute Gasteiger partial charge is 0.493 e. The Morgan fingerprint density at radius 1 is 1.16 bits per heavy atom. The summed E-state index contributed by atoms with van der Waals surface area (Å²) in [5.74, 6) is 1.05. The lowest BCUT2D eigenvalue weighted by atomic mass is 10.2. The summed E-state index contributed by atoms with van der Waals surface area (Å²) < 4.78 is 26.7. The summed E-state index contributed by atoms with van der Waals surface area (Å²) in [6.45, 7) is 10.3. The van der Waals surface area contributed by atoms with Gasteiger partial charge in [0.25, 0.3) is 0 Å². The van der Waals surface area contributed by atoms with Gasteiger partial charge in [-0.25, -0.2) is 4.39 Å². The number of hydrogen-bond donors (Lipinski definition) is 0. The van der Waals surface area contributed by atoms with Crippen molar-refractivity contribution in [3.8, 4) is 11.4 Å². The number of aromatic nitrogens is 6. The highest BCUT2D eigenvalue weighted by atomic mass is 19.1. The van der Waals surface area contributed by atoms with Crippen LogP contribution in [-0.4, -0.2) is 74.1 Å². The van der Waals surface area contributed by atoms with E-state index in [1.54, 1.807) is 12.1 Å². The number of piperazine rings is 1. The van der Waals surface area contributed by atoms with Gasteiger partial charge in [-0.1, -0.05) is 19.0 Å². The number of anilines is 1. The van der Waals surface area contributed by atoms with Gasteiger partial charge < -0.3 is 14.2 Å². The molecule has 2 aromatic heterocycles. The third-order valence-electron chi connectivity index (χ3n) is 5.47. The molecule has 10 nitrogen and oxygen atoms in total. The molecule has 0 N–H and O–H groups in total. The Hall–Kier alpha value is -3.08. The molecule has 1 aliphatic heterocycles. The lowest BCUT2D eigenvalue weighted by Gasteiger charge is -2.37. The molecule has 3 aromatic rings. The van der Waals surface area contributed by atoms with Crippen molar-refractivity contribution in [3.63, 3.8) is 0 Å². The predicted molar refractivity (Wildman–Crippen MR) is 111 cm³/mol. The highest BCUT2D eigenvalue weighted by Crippen LogP contribution is 2.21. The van der Waals surface area contributed by atoms with Crippen LogP contribution in [0.1, 0.15) is 38.9 Å². The first-order valence-corrected chi connectivity index (χ1v) is 10.5. The first-order valence-electron chi connectivity index (χ1n) is 10.5. The number of tetrazole rings is 1. The van der Waals surface area contributed by atoms with Crippen LogP contribution in [0.25, 0.3) is 5.69 Å². The topological polar surface area (TPSA) is 98.2 Å². The van der Waals surface area contributed by atoms with Crippen LogP contribution in [0.2, 0.25) is 0 Å². The second kappa shape index (κ2) is 9.38. The van der Waals surface area contributed by atoms with Gasteiger partial charge >= 0.3 is 6.01 Å². The zero-order valence-electron chi connectivity index (χ0n) is 18.0. The number of hydrogen-bond acceptors (Lipinski definition) is 9. The molecule has 0 bridgehead atoms. The van der Waals surface area contributed by atoms with Crippen molar-refractivity contribution >= 4 is 6.01 Å². The smallest absolute Gasteiger partial charge is 0.324 e. The van der Waals surface area contributed by atoms with Crippen molar-refractivity contribution in [1.82, 2.24) is 35.2 Å². The van der Waals surface area contributed by atoms with Gasteiger partial charge in [0.1, 0.15) is 17.8 Å². The van der Waals surface area contributed by atoms with Crippen molar-refractivity contribution in [1.29, 1.82) is 0 Å². The Labute approximate surface area is 180 Å². The minimum atomic E-state index is -0.435. The molecular weight excluding hydrogens is 403 g/mol. The Morgan fingerprint density at radius 2 is 1.97 bits per heavy atom. The summed E-state index contributed by atoms with van der Waals surface area (Å²) in [6, 6.07) is 5.63. The average molecular weight is 430 g/mol. The second-order valence-electron chi connectivity index (χ2n) is 7.97. The van der Waals surface area contributed by atoms with Gasteiger partial charge in [0, 0.05) is 44.2 Å². The fourth-order valence-corrected chi connectivity index (χ4v) is 3.51. The summed E-state index contributed by atoms with van der Waals surface area (Å²) in [6.07, 6.45) is 2.19. The zero-order valence-corrected chi connectivity index (χ0v) is 18.0. The molecule has 0 aliphatic carbocycles. The Bertz CT molecular complexity index is 969. The Balaban J connectivity index is 1.22. The van der Waals surface area contributed by atoms with E-state index in [9.17, 15) is 4.39 Å². The number of ether oxygens (including phenoxy) is 1. The van der Waals surface area contributed by atoms with Gasteiger partial charge in [-0.3, -0.25) is 4.90 Å². The highest BCUT2D eigenvalue weighted by Gasteiger charge is 2.24. The SMILES string of the molecule is CC(C)c1noc(N2CCN(C(C)CCOc3ccc(-n4cnnn4)c(F)c3)CC2)n1. The van der Waals surface area contributed by atoms with Gasteiger partial charge in [0.05, 0.1) is 6.61 Å². The quantitative estimate of drug-likeness (QED) is 0.533. The maximum absolute atomic E-state index is 14.3. The maximum atomic E-state index is 14.3. The van der Waals surface area contributed by atoms with Crippen molar-refractivity contribution in [3.05, 3.63) is 36.2 Å². The van der Waals surface area contributed by atoms with Gasteiger partial charge in [0.2, 0.25) is 0 Å². The molecule has 1 fully saturated rings. The van der Waals surface area contributed by atoms with Crippen LogP contribution in [0.4, 0.5) is 10.4 Å². The predicted octanol–water partition coefficient (Wildman–Crippen LogP) is 2.29. The number of halogens is 1. The fourth-order valence-electron chi connectivity index (χ4n) is 3.51. The van der Waals surface area contributed by atoms with E-state index in [0.717, 1.165) is 38.4 Å². The molecule has 1 saturated heterocycles. The minimum Gasteiger partial charge on any atom is -0.493 e. The van der Waals surface area contributed by atoms with Crippen LogP contribution in [-0.2, 0) is 0 Å². The molecule has 1 aromatic carbocycles. The summed E-state index contributed by atoms with van der Waals surface area (Å²) in [5, 5.41) is 14.8. The second-order valence-corrected chi connectivity index (χ2v) is 7.97. The number of rotatable bonds is 8. The third kappa shape index (κ3) is 4.98. The average Bonchev–Trinajstić information content (AvgIpc) is 3.46. The number of benzene rings is 1. The van der Waals surface area contributed by atoms with Crippen molar-refractivity contribution in [2.24, 2.45) is 0 Å². The lowest BCUT2D eigenvalue weighted by Crippen LogP contribution is -2.50. The van der Waals surface area contributed by atoms with Gasteiger partial charge in [-0.15, -0.1) is 5.10 Å². The third-order valence-corrected chi connectivity index (χ3v) is 5.47. The summed E-state index contributed by atoms with van der Waals surface area (Å²) in [7, 11) is 0. The van der Waals surface area contributed by atoms with E-state index in [-0.39, 0.29) is 11.6 Å². The van der Waals surface area contributed by atoms with Crippen LogP contribution in [0.3, 0.4) is 0 Å². The van der Waals surface area contributed by atoms with E-state index in [0.29, 0.717) is 24.4 Å². The molecule has 0 amide bonds. The van der Waals surface area contributed by atoms with Crippen LogP contribution in [0.5, 0.6) is 5.75 Å². The molecular formula is C20H27FN8O2. The highest BCUT2D eigenvalue weighted by molar-refractivity contribution is 5.38. The van der Waals surface area contributed by atoms with Crippen molar-refractivity contribution in [2.45, 2.75) is 39.2 Å². The Kier molecular flexibility index (Phi) is 6.40. The molecule has 1 unspecified atom stereocenters. The molecule has 1 atom stereocenters. The molecule has 3 heterocycles. The van der Waals surface area contributed by atoms with Crippen LogP contribution < -0.4 is 9.64 Å². The number of nitrogens with zero attached hydrogens (tertiary/aromatic N) is 8. The van der Waals surface area contributed by atoms with Gasteiger partial charge in [0.15, 0.2) is 11.6 Å². The standard InChI is InChI=1S/C20H27FN8O2/c1-14(2)19-23-20(31-24-19)28-9-7-27(8-10-28)15(3)6-11-30-16-4-5-18(17(21)12-16)29-13-22-25-26-29/h4-5,12-15H,6-11H2,1-3H3. The molecule has 0 radical (unpaired) electrons. The lowest BCUT2D eigenvalue weighted by molar-refractivity contribution is 0.163. The summed E-state index contributed by atoms with van der Waals surface area (Å²) in [4.78, 5) is 9.03. The molecule has 0 saturated carbocycles. The van der Waals surface area contributed by atoms with Gasteiger partial charge in [-0.05, 0) is 35.9 Å². The first kappa shape index (κ1) is 21.2. The van der Waals surface area contributed by atoms with E-state index < -0.39 is 5.82 Å². The molecule has 4 rings (SSSR count). The normalized spacial score (nSPS) is 16.1. The molecule has 31 heavy (non-hydrogen) atoms. The van der Waals surface area contributed by atoms with E-state index in [2.05, 4.69) is 42.4 Å². The van der Waals surface area contributed by atoms with E-state index in [1.807, 2.05) is 13.8 Å². The zero-order chi connectivity index (χ0) is 21.8. The molecule has 166 valence electrons. The summed E-state index contributed by atoms with van der Waals surface area (Å²) in [5.41, 5.74) is 0.283. The van der Waals surface area contributed by atoms with E-state index >= 15 is 0 Å². The monoisotopic (exact) mass is 430 g/mol. The molecule has 11 heteroatoms. The van der Waals surface area contributed by atoms with Crippen molar-refractivity contribution < 1.29 is 13.7 Å². The van der Waals surface area contributed by atoms with E-state index in [4.69, 9.17) is 9.26 Å².